The van der Waals surface area contributed by atoms with E-state index in [2.05, 4.69) is 50.4 Å². The Kier molecular flexibility index (Phi) is 4.79. The summed E-state index contributed by atoms with van der Waals surface area (Å²) in [6.07, 6.45) is 0. The van der Waals surface area contributed by atoms with Crippen molar-refractivity contribution in [1.29, 1.82) is 0 Å². The Morgan fingerprint density at radius 3 is 2.33 bits per heavy atom. The topological polar surface area (TPSA) is 32.3 Å². The van der Waals surface area contributed by atoms with E-state index in [-0.39, 0.29) is 18.6 Å². The lowest BCUT2D eigenvalue weighted by molar-refractivity contribution is 0.203. The largest absolute Gasteiger partial charge is 0.396 e. The van der Waals surface area contributed by atoms with Crippen LogP contribution in [0.5, 0.6) is 0 Å². The molecular weight excluding hydrogens is 186 g/mol. The summed E-state index contributed by atoms with van der Waals surface area (Å²) in [5.41, 5.74) is 2.52. The first-order valence-electron chi connectivity index (χ1n) is 5.59. The molecule has 0 saturated carbocycles. The van der Waals surface area contributed by atoms with Gasteiger partial charge in [0.2, 0.25) is 0 Å². The van der Waals surface area contributed by atoms with E-state index in [1.165, 1.54) is 11.1 Å². The maximum atomic E-state index is 9.21. The number of hydrogen-bond donors (Lipinski definition) is 2. The molecule has 0 radical (unpaired) electrons. The fourth-order valence-electron chi connectivity index (χ4n) is 1.75. The molecule has 2 heteroatoms. The molecule has 0 bridgehead atoms. The van der Waals surface area contributed by atoms with Crippen LogP contribution in [0.25, 0.3) is 0 Å². The lowest BCUT2D eigenvalue weighted by Crippen LogP contribution is -2.28. The molecule has 1 aromatic carbocycles. The van der Waals surface area contributed by atoms with Crippen LogP contribution in [-0.2, 0) is 0 Å². The van der Waals surface area contributed by atoms with Crippen molar-refractivity contribution in [2.24, 2.45) is 5.92 Å². The van der Waals surface area contributed by atoms with Gasteiger partial charge in [0, 0.05) is 12.6 Å². The monoisotopic (exact) mass is 207 g/mol. The zero-order valence-corrected chi connectivity index (χ0v) is 9.83. The molecule has 2 nitrogen and oxygen atoms in total. The number of aliphatic hydroxyl groups is 1. The fourth-order valence-corrected chi connectivity index (χ4v) is 1.75. The third-order valence-corrected chi connectivity index (χ3v) is 2.72. The van der Waals surface area contributed by atoms with Crippen LogP contribution in [0.2, 0.25) is 0 Å². The maximum absolute atomic E-state index is 9.21. The van der Waals surface area contributed by atoms with Gasteiger partial charge >= 0.3 is 0 Å². The van der Waals surface area contributed by atoms with Gasteiger partial charge in [0.25, 0.3) is 0 Å². The van der Waals surface area contributed by atoms with Crippen LogP contribution in [0, 0.1) is 12.8 Å². The lowest BCUT2D eigenvalue weighted by atomic mass is 9.94. The predicted molar refractivity (Wildman–Crippen MR) is 63.8 cm³/mol. The second kappa shape index (κ2) is 5.89. The molecule has 2 unspecified atom stereocenters. The Labute approximate surface area is 92.3 Å². The first kappa shape index (κ1) is 12.2. The molecule has 0 fully saturated rings. The Morgan fingerprint density at radius 2 is 1.87 bits per heavy atom. The molecule has 84 valence electrons. The second-order valence-electron chi connectivity index (χ2n) is 4.11. The summed E-state index contributed by atoms with van der Waals surface area (Å²) in [6, 6.07) is 8.75. The quantitative estimate of drug-likeness (QED) is 0.776. The van der Waals surface area contributed by atoms with E-state index in [0.717, 1.165) is 6.54 Å². The van der Waals surface area contributed by atoms with Crippen LogP contribution in [0.3, 0.4) is 0 Å². The molecule has 0 heterocycles. The Balaban J connectivity index is 2.83. The van der Waals surface area contributed by atoms with Gasteiger partial charge in [-0.05, 0) is 24.9 Å². The third-order valence-electron chi connectivity index (χ3n) is 2.72. The summed E-state index contributed by atoms with van der Waals surface area (Å²) in [5, 5.41) is 12.6. The molecule has 1 aromatic rings. The van der Waals surface area contributed by atoms with Crippen molar-refractivity contribution in [2.75, 3.05) is 13.2 Å². The molecule has 2 N–H and O–H groups in total. The fraction of sp³-hybridized carbons (Fsp3) is 0.538. The zero-order valence-electron chi connectivity index (χ0n) is 9.83. The second-order valence-corrected chi connectivity index (χ2v) is 4.11. The van der Waals surface area contributed by atoms with Crippen LogP contribution in [0.1, 0.15) is 31.0 Å². The van der Waals surface area contributed by atoms with Gasteiger partial charge < -0.3 is 10.4 Å². The van der Waals surface area contributed by atoms with Crippen molar-refractivity contribution in [3.05, 3.63) is 35.4 Å². The normalized spacial score (nSPS) is 14.9. The molecule has 0 aliphatic heterocycles. The molecule has 0 aliphatic rings. The van der Waals surface area contributed by atoms with Crippen molar-refractivity contribution in [3.8, 4) is 0 Å². The average molecular weight is 207 g/mol. The van der Waals surface area contributed by atoms with Gasteiger partial charge in [0.05, 0.1) is 0 Å². The number of benzene rings is 1. The van der Waals surface area contributed by atoms with E-state index in [1.807, 2.05) is 0 Å². The first-order chi connectivity index (χ1) is 7.19. The van der Waals surface area contributed by atoms with Crippen LogP contribution >= 0.6 is 0 Å². The minimum Gasteiger partial charge on any atom is -0.396 e. The number of aliphatic hydroxyl groups excluding tert-OH is 1. The summed E-state index contributed by atoms with van der Waals surface area (Å²) < 4.78 is 0. The van der Waals surface area contributed by atoms with E-state index in [1.54, 1.807) is 0 Å². The SMILES string of the molecule is CCNC(c1ccc(C)cc1)C(C)CO. The van der Waals surface area contributed by atoms with Crippen LogP contribution in [0.4, 0.5) is 0 Å². The highest BCUT2D eigenvalue weighted by Gasteiger charge is 2.16. The highest BCUT2D eigenvalue weighted by atomic mass is 16.3. The average Bonchev–Trinajstić information content (AvgIpc) is 2.26. The zero-order chi connectivity index (χ0) is 11.3. The van der Waals surface area contributed by atoms with E-state index >= 15 is 0 Å². The number of aryl methyl sites for hydroxylation is 1. The Bertz CT molecular complexity index is 281. The smallest absolute Gasteiger partial charge is 0.0474 e. The minimum absolute atomic E-state index is 0.214. The predicted octanol–water partition coefficient (Wildman–Crippen LogP) is 2.27. The minimum atomic E-state index is 0.214. The van der Waals surface area contributed by atoms with Crippen molar-refractivity contribution in [3.63, 3.8) is 0 Å². The van der Waals surface area contributed by atoms with Crippen LogP contribution < -0.4 is 5.32 Å². The molecule has 0 saturated heterocycles. The van der Waals surface area contributed by atoms with Crippen molar-refractivity contribution in [2.45, 2.75) is 26.8 Å². The van der Waals surface area contributed by atoms with Gasteiger partial charge in [-0.2, -0.15) is 0 Å². The van der Waals surface area contributed by atoms with E-state index < -0.39 is 0 Å². The standard InChI is InChI=1S/C13H21NO/c1-4-14-13(11(3)9-15)12-7-5-10(2)6-8-12/h5-8,11,13-15H,4,9H2,1-3H3. The molecule has 0 spiro atoms. The van der Waals surface area contributed by atoms with Crippen LogP contribution in [0.15, 0.2) is 24.3 Å². The summed E-state index contributed by atoms with van der Waals surface area (Å²) in [5.74, 6) is 0.243. The van der Waals surface area contributed by atoms with Crippen molar-refractivity contribution >= 4 is 0 Å². The highest BCUT2D eigenvalue weighted by molar-refractivity contribution is 5.24. The summed E-state index contributed by atoms with van der Waals surface area (Å²) >= 11 is 0. The number of nitrogens with one attached hydrogen (secondary N) is 1. The maximum Gasteiger partial charge on any atom is 0.0474 e. The van der Waals surface area contributed by atoms with Gasteiger partial charge in [-0.15, -0.1) is 0 Å². The van der Waals surface area contributed by atoms with Crippen molar-refractivity contribution < 1.29 is 5.11 Å². The van der Waals surface area contributed by atoms with Gasteiger partial charge in [-0.3, -0.25) is 0 Å². The van der Waals surface area contributed by atoms with E-state index in [4.69, 9.17) is 0 Å². The highest BCUT2D eigenvalue weighted by Crippen LogP contribution is 2.21. The lowest BCUT2D eigenvalue weighted by Gasteiger charge is -2.23. The summed E-state index contributed by atoms with van der Waals surface area (Å²) in [7, 11) is 0. The molecule has 0 aliphatic carbocycles. The Hall–Kier alpha value is -0.860. The summed E-state index contributed by atoms with van der Waals surface area (Å²) in [4.78, 5) is 0. The Morgan fingerprint density at radius 1 is 1.27 bits per heavy atom. The summed E-state index contributed by atoms with van der Waals surface area (Å²) in [6.45, 7) is 7.37. The third kappa shape index (κ3) is 3.33. The van der Waals surface area contributed by atoms with Gasteiger partial charge in [0.15, 0.2) is 0 Å². The molecule has 1 rings (SSSR count). The van der Waals surface area contributed by atoms with E-state index in [0.29, 0.717) is 0 Å². The molecule has 2 atom stereocenters. The van der Waals surface area contributed by atoms with Crippen LogP contribution in [-0.4, -0.2) is 18.3 Å². The molecule has 0 aromatic heterocycles. The number of hydrogen-bond acceptors (Lipinski definition) is 2. The van der Waals surface area contributed by atoms with Gasteiger partial charge in [-0.25, -0.2) is 0 Å². The molecule has 0 amide bonds. The first-order valence-corrected chi connectivity index (χ1v) is 5.59. The molecule has 15 heavy (non-hydrogen) atoms. The van der Waals surface area contributed by atoms with Crippen molar-refractivity contribution in [1.82, 2.24) is 5.32 Å². The van der Waals surface area contributed by atoms with Gasteiger partial charge in [0.1, 0.15) is 0 Å². The van der Waals surface area contributed by atoms with Gasteiger partial charge in [-0.1, -0.05) is 43.7 Å². The molecular formula is C13H21NO. The van der Waals surface area contributed by atoms with E-state index in [9.17, 15) is 5.11 Å². The number of rotatable bonds is 5.